The highest BCUT2D eigenvalue weighted by Crippen LogP contribution is 2.11. The van der Waals surface area contributed by atoms with Crippen LogP contribution in [0.2, 0.25) is 0 Å². The van der Waals surface area contributed by atoms with E-state index in [1.54, 1.807) is 0 Å². The van der Waals surface area contributed by atoms with Gasteiger partial charge in [-0.25, -0.2) is 4.73 Å². The second-order valence-corrected chi connectivity index (χ2v) is 2.66. The number of carbonyl (C=O) groups is 1. The van der Waals surface area contributed by atoms with Crippen LogP contribution in [0.15, 0.2) is 18.3 Å². The zero-order valence-corrected chi connectivity index (χ0v) is 7.76. The average Bonchev–Trinajstić information content (AvgIpc) is 2.16. The maximum absolute atomic E-state index is 11.1. The molecular formula is C7H8N4O4. The summed E-state index contributed by atoms with van der Waals surface area (Å²) in [6.45, 7) is 1.24. The Kier molecular flexibility index (Phi) is 3.01. The monoisotopic (exact) mass is 212 g/mol. The summed E-state index contributed by atoms with van der Waals surface area (Å²) in [4.78, 5) is 20.3. The number of anilines is 1. The molecule has 8 heteroatoms. The van der Waals surface area contributed by atoms with E-state index in [0.29, 0.717) is 4.73 Å². The number of pyridine rings is 1. The Morgan fingerprint density at radius 2 is 2.27 bits per heavy atom. The van der Waals surface area contributed by atoms with Crippen LogP contribution >= 0.6 is 0 Å². The normalized spacial score (nSPS) is 9.40. The third-order valence-corrected chi connectivity index (χ3v) is 1.48. The Labute approximate surface area is 84.2 Å². The number of nitrogens with one attached hydrogen (secondary N) is 2. The van der Waals surface area contributed by atoms with Gasteiger partial charge in [-0.05, 0) is 0 Å². The van der Waals surface area contributed by atoms with Crippen molar-refractivity contribution in [3.05, 3.63) is 33.7 Å². The third kappa shape index (κ3) is 2.79. The highest BCUT2D eigenvalue weighted by molar-refractivity contribution is 5.74. The molecule has 1 amide bonds. The number of carbonyl (C=O) groups excluding carboxylic acids is 1. The number of aromatic nitrogens is 1. The van der Waals surface area contributed by atoms with Crippen LogP contribution in [0.3, 0.4) is 0 Å². The van der Waals surface area contributed by atoms with Gasteiger partial charge in [-0.2, -0.15) is 10.9 Å². The van der Waals surface area contributed by atoms with Gasteiger partial charge >= 0.3 is 5.82 Å². The van der Waals surface area contributed by atoms with E-state index in [9.17, 15) is 20.1 Å². The molecule has 15 heavy (non-hydrogen) atoms. The lowest BCUT2D eigenvalue weighted by atomic mass is 10.4. The molecule has 0 atom stereocenters. The van der Waals surface area contributed by atoms with Gasteiger partial charge in [-0.3, -0.25) is 14.9 Å². The molecule has 0 aliphatic heterocycles. The van der Waals surface area contributed by atoms with Crippen molar-refractivity contribution in [1.82, 2.24) is 5.43 Å². The van der Waals surface area contributed by atoms with Crippen LogP contribution in [0.4, 0.5) is 11.5 Å². The van der Waals surface area contributed by atoms with Gasteiger partial charge < -0.3 is 5.21 Å². The minimum absolute atomic E-state index is 0.126. The number of rotatable bonds is 3. The number of nitro groups is 1. The summed E-state index contributed by atoms with van der Waals surface area (Å²) in [5, 5.41) is 21.5. The molecule has 1 rings (SSSR count). The fraction of sp³-hybridized carbons (Fsp3) is 0.143. The van der Waals surface area contributed by atoms with Gasteiger partial charge in [0.05, 0.1) is 11.0 Å². The molecule has 1 aromatic heterocycles. The molecule has 0 fully saturated rings. The highest BCUT2D eigenvalue weighted by Gasteiger charge is 2.12. The number of hydrogen-bond acceptors (Lipinski definition) is 5. The molecule has 1 heterocycles. The second kappa shape index (κ2) is 4.22. The standard InChI is InChI=1S/C7H8N4O4/c1-5(12)8-9-7-4-6(11(14)15)2-3-10(7)13/h2-4,9H,1H3,(H,8,12). The lowest BCUT2D eigenvalue weighted by molar-refractivity contribution is -0.591. The van der Waals surface area contributed by atoms with Crippen molar-refractivity contribution in [2.75, 3.05) is 5.43 Å². The maximum Gasteiger partial charge on any atom is 0.307 e. The van der Waals surface area contributed by atoms with Gasteiger partial charge in [0, 0.05) is 6.92 Å². The summed E-state index contributed by atoms with van der Waals surface area (Å²) in [5.41, 5.74) is 4.15. The molecule has 1 aromatic rings. The molecule has 0 bridgehead atoms. The van der Waals surface area contributed by atoms with Crippen LogP contribution in [-0.2, 0) is 4.79 Å². The van der Waals surface area contributed by atoms with Crippen LogP contribution in [0.5, 0.6) is 0 Å². The summed E-state index contributed by atoms with van der Waals surface area (Å²) < 4.78 is 0.364. The predicted octanol–water partition coefficient (Wildman–Crippen LogP) is -0.309. The van der Waals surface area contributed by atoms with Gasteiger partial charge in [-0.15, -0.1) is 0 Å². The summed E-state index contributed by atoms with van der Waals surface area (Å²) in [5.74, 6) is -0.541. The van der Waals surface area contributed by atoms with Crippen molar-refractivity contribution < 1.29 is 14.4 Å². The quantitative estimate of drug-likeness (QED) is 0.309. The SMILES string of the molecule is CC(=O)NNc1cc([N+](=O)[O-])cc[n+]1[O-]. The second-order valence-electron chi connectivity index (χ2n) is 2.66. The molecule has 0 saturated heterocycles. The van der Waals surface area contributed by atoms with Gasteiger partial charge in [-0.1, -0.05) is 0 Å². The summed E-state index contributed by atoms with van der Waals surface area (Å²) >= 11 is 0. The molecule has 0 unspecified atom stereocenters. The Balaban J connectivity index is 2.90. The number of hydrazine groups is 1. The fourth-order valence-corrected chi connectivity index (χ4v) is 0.833. The Bertz CT molecular complexity index is 406. The molecule has 2 N–H and O–H groups in total. The van der Waals surface area contributed by atoms with Crippen LogP contribution in [-0.4, -0.2) is 10.8 Å². The number of hydrogen-bond donors (Lipinski definition) is 2. The van der Waals surface area contributed by atoms with E-state index in [-0.39, 0.29) is 11.5 Å². The third-order valence-electron chi connectivity index (χ3n) is 1.48. The maximum atomic E-state index is 11.1. The number of nitrogens with zero attached hydrogens (tertiary/aromatic N) is 2. The van der Waals surface area contributed by atoms with Crippen molar-refractivity contribution in [3.63, 3.8) is 0 Å². The summed E-state index contributed by atoms with van der Waals surface area (Å²) in [6, 6.07) is 2.08. The Hall–Kier alpha value is -2.38. The molecule has 0 aliphatic carbocycles. The van der Waals surface area contributed by atoms with Crippen molar-refractivity contribution >= 4 is 17.4 Å². The largest absolute Gasteiger partial charge is 0.711 e. The van der Waals surface area contributed by atoms with E-state index >= 15 is 0 Å². The van der Waals surface area contributed by atoms with Crippen LogP contribution in [0, 0.1) is 15.3 Å². The lowest BCUT2D eigenvalue weighted by Gasteiger charge is -2.07. The fourth-order valence-electron chi connectivity index (χ4n) is 0.833. The summed E-state index contributed by atoms with van der Waals surface area (Å²) in [6.07, 6.45) is 0.974. The molecule has 0 spiro atoms. The lowest BCUT2D eigenvalue weighted by Crippen LogP contribution is -2.37. The Morgan fingerprint density at radius 1 is 1.60 bits per heavy atom. The van der Waals surface area contributed by atoms with Crippen LogP contribution < -0.4 is 15.6 Å². The van der Waals surface area contributed by atoms with E-state index < -0.39 is 10.8 Å². The first-order valence-electron chi connectivity index (χ1n) is 3.91. The predicted molar refractivity (Wildman–Crippen MR) is 49.5 cm³/mol. The molecule has 0 saturated carbocycles. The topological polar surface area (TPSA) is 111 Å². The van der Waals surface area contributed by atoms with Crippen molar-refractivity contribution in [2.45, 2.75) is 6.92 Å². The molecular weight excluding hydrogens is 204 g/mol. The van der Waals surface area contributed by atoms with Crippen molar-refractivity contribution in [2.24, 2.45) is 0 Å². The Morgan fingerprint density at radius 3 is 2.80 bits per heavy atom. The number of amides is 1. The van der Waals surface area contributed by atoms with Gasteiger partial charge in [0.25, 0.3) is 11.6 Å². The molecule has 0 aromatic carbocycles. The minimum Gasteiger partial charge on any atom is -0.711 e. The smallest absolute Gasteiger partial charge is 0.307 e. The molecule has 80 valence electrons. The van der Waals surface area contributed by atoms with E-state index in [4.69, 9.17) is 0 Å². The zero-order chi connectivity index (χ0) is 11.4. The molecule has 0 radical (unpaired) electrons. The average molecular weight is 212 g/mol. The van der Waals surface area contributed by atoms with E-state index in [0.717, 1.165) is 18.3 Å². The highest BCUT2D eigenvalue weighted by atomic mass is 16.6. The van der Waals surface area contributed by atoms with Gasteiger partial charge in [0.1, 0.15) is 12.3 Å². The first-order chi connectivity index (χ1) is 7.00. The van der Waals surface area contributed by atoms with Crippen molar-refractivity contribution in [3.8, 4) is 0 Å². The van der Waals surface area contributed by atoms with Crippen LogP contribution in [0.1, 0.15) is 6.92 Å². The minimum atomic E-state index is -0.640. The molecule has 0 aliphatic rings. The summed E-state index contributed by atoms with van der Waals surface area (Å²) in [7, 11) is 0. The van der Waals surface area contributed by atoms with E-state index in [1.807, 2.05) is 0 Å². The molecule has 8 nitrogen and oxygen atoms in total. The van der Waals surface area contributed by atoms with Gasteiger partial charge in [0.2, 0.25) is 0 Å². The van der Waals surface area contributed by atoms with Crippen molar-refractivity contribution in [1.29, 1.82) is 0 Å². The van der Waals surface area contributed by atoms with E-state index in [1.165, 1.54) is 6.92 Å². The van der Waals surface area contributed by atoms with E-state index in [2.05, 4.69) is 10.9 Å². The first-order valence-corrected chi connectivity index (χ1v) is 3.91. The van der Waals surface area contributed by atoms with Gasteiger partial charge in [0.15, 0.2) is 0 Å². The van der Waals surface area contributed by atoms with Crippen LogP contribution in [0.25, 0.3) is 0 Å². The zero-order valence-electron chi connectivity index (χ0n) is 7.76. The first kappa shape index (κ1) is 10.7.